The maximum Gasteiger partial charge on any atom is 0.267 e. The van der Waals surface area contributed by atoms with Crippen LogP contribution >= 0.6 is 24.0 Å². The molecule has 1 fully saturated rings. The fraction of sp³-hybridized carbons (Fsp3) is 0.158. The Bertz CT molecular complexity index is 1180. The highest BCUT2D eigenvalue weighted by atomic mass is 32.2. The van der Waals surface area contributed by atoms with Crippen LogP contribution in [0, 0.1) is 6.92 Å². The number of amides is 1. The second-order valence-corrected chi connectivity index (χ2v) is 7.91. The number of thioether (sulfide) groups is 1. The van der Waals surface area contributed by atoms with Gasteiger partial charge >= 0.3 is 0 Å². The molecule has 1 N–H and O–H groups in total. The number of thiocarbonyl (C=S) groups is 1. The van der Waals surface area contributed by atoms with E-state index in [1.165, 1.54) is 21.1 Å². The van der Waals surface area contributed by atoms with Gasteiger partial charge in [0.05, 0.1) is 23.3 Å². The van der Waals surface area contributed by atoms with Gasteiger partial charge in [0.2, 0.25) is 0 Å². The molecule has 0 unspecified atom stereocenters. The van der Waals surface area contributed by atoms with Crippen molar-refractivity contribution in [3.63, 3.8) is 0 Å². The number of aromatic nitrogens is 2. The minimum absolute atomic E-state index is 0.235. The monoisotopic (exact) mass is 412 g/mol. The van der Waals surface area contributed by atoms with Crippen molar-refractivity contribution < 1.29 is 9.21 Å². The first kappa shape index (κ1) is 18.5. The van der Waals surface area contributed by atoms with E-state index in [4.69, 9.17) is 16.6 Å². The Hall–Kier alpha value is -2.91. The SMILES string of the molecule is Cc1cccn2c(=O)c(C=C3SC(=S)N(C)C3=O)c(NCc3ccco3)nc12. The van der Waals surface area contributed by atoms with Crippen LogP contribution in [0.2, 0.25) is 0 Å². The van der Waals surface area contributed by atoms with Crippen LogP contribution in [-0.4, -0.2) is 31.6 Å². The second-order valence-electron chi connectivity index (χ2n) is 6.24. The van der Waals surface area contributed by atoms with Gasteiger partial charge in [-0.15, -0.1) is 0 Å². The van der Waals surface area contributed by atoms with Gasteiger partial charge in [0.1, 0.15) is 21.5 Å². The van der Waals surface area contributed by atoms with E-state index in [1.54, 1.807) is 37.7 Å². The van der Waals surface area contributed by atoms with E-state index in [2.05, 4.69) is 10.3 Å². The lowest BCUT2D eigenvalue weighted by molar-refractivity contribution is -0.121. The molecule has 0 aromatic carbocycles. The summed E-state index contributed by atoms with van der Waals surface area (Å²) in [6, 6.07) is 7.29. The summed E-state index contributed by atoms with van der Waals surface area (Å²) < 4.78 is 7.27. The fourth-order valence-electron chi connectivity index (χ4n) is 2.84. The Labute approximate surface area is 170 Å². The highest BCUT2D eigenvalue weighted by Gasteiger charge is 2.29. The van der Waals surface area contributed by atoms with Gasteiger partial charge in [0.15, 0.2) is 0 Å². The van der Waals surface area contributed by atoms with Crippen LogP contribution in [0.3, 0.4) is 0 Å². The van der Waals surface area contributed by atoms with E-state index >= 15 is 0 Å². The van der Waals surface area contributed by atoms with Crippen molar-refractivity contribution in [1.82, 2.24) is 14.3 Å². The molecule has 28 heavy (non-hydrogen) atoms. The zero-order valence-electron chi connectivity index (χ0n) is 15.1. The Balaban J connectivity index is 1.86. The van der Waals surface area contributed by atoms with Crippen molar-refractivity contribution in [2.45, 2.75) is 13.5 Å². The normalized spacial score (nSPS) is 15.8. The van der Waals surface area contributed by atoms with Crippen molar-refractivity contribution in [2.75, 3.05) is 12.4 Å². The minimum atomic E-state index is -0.267. The number of carbonyl (C=O) groups is 1. The second kappa shape index (κ2) is 7.25. The summed E-state index contributed by atoms with van der Waals surface area (Å²) in [7, 11) is 1.61. The first-order valence-electron chi connectivity index (χ1n) is 8.45. The third kappa shape index (κ3) is 3.23. The van der Waals surface area contributed by atoms with Crippen LogP contribution in [0.1, 0.15) is 16.9 Å². The molecule has 4 heterocycles. The Kier molecular flexibility index (Phi) is 4.78. The molecule has 0 spiro atoms. The summed E-state index contributed by atoms with van der Waals surface area (Å²) in [5.41, 5.74) is 1.45. The number of likely N-dealkylation sites (N-methyl/N-ethyl adjacent to an activating group) is 1. The molecule has 0 aliphatic carbocycles. The number of nitrogens with one attached hydrogen (secondary N) is 1. The van der Waals surface area contributed by atoms with Crippen LogP contribution in [0.5, 0.6) is 0 Å². The molecular formula is C19H16N4O3S2. The van der Waals surface area contributed by atoms with E-state index in [9.17, 15) is 9.59 Å². The predicted molar refractivity (Wildman–Crippen MR) is 113 cm³/mol. The van der Waals surface area contributed by atoms with Gasteiger partial charge in [0, 0.05) is 13.2 Å². The van der Waals surface area contributed by atoms with Gasteiger partial charge < -0.3 is 9.73 Å². The number of fused-ring (bicyclic) bond motifs is 1. The predicted octanol–water partition coefficient (Wildman–Crippen LogP) is 3.04. The summed E-state index contributed by atoms with van der Waals surface area (Å²) in [6.45, 7) is 2.25. The molecule has 0 saturated carbocycles. The van der Waals surface area contributed by atoms with Crippen molar-refractivity contribution in [2.24, 2.45) is 0 Å². The van der Waals surface area contributed by atoms with Gasteiger partial charge in [-0.05, 0) is 36.8 Å². The molecule has 1 aliphatic rings. The van der Waals surface area contributed by atoms with E-state index in [0.29, 0.717) is 38.6 Å². The zero-order valence-corrected chi connectivity index (χ0v) is 16.8. The van der Waals surface area contributed by atoms with Crippen molar-refractivity contribution in [1.29, 1.82) is 0 Å². The molecule has 0 radical (unpaired) electrons. The summed E-state index contributed by atoms with van der Waals surface area (Å²) in [5.74, 6) is 0.857. The number of anilines is 1. The van der Waals surface area contributed by atoms with Gasteiger partial charge in [-0.1, -0.05) is 30.0 Å². The molecule has 9 heteroatoms. The molecule has 3 aromatic heterocycles. The average molecular weight is 412 g/mol. The molecule has 142 valence electrons. The Morgan fingerprint density at radius 1 is 1.32 bits per heavy atom. The molecule has 0 atom stereocenters. The number of furan rings is 1. The number of hydrogen-bond donors (Lipinski definition) is 1. The number of nitrogens with zero attached hydrogens (tertiary/aromatic N) is 3. The summed E-state index contributed by atoms with van der Waals surface area (Å²) in [5, 5.41) is 3.16. The fourth-order valence-corrected chi connectivity index (χ4v) is 4.00. The summed E-state index contributed by atoms with van der Waals surface area (Å²) >= 11 is 6.34. The minimum Gasteiger partial charge on any atom is -0.467 e. The molecule has 4 rings (SSSR count). The summed E-state index contributed by atoms with van der Waals surface area (Å²) in [4.78, 5) is 32.0. The number of pyridine rings is 1. The van der Waals surface area contributed by atoms with Gasteiger partial charge in [0.25, 0.3) is 11.5 Å². The third-order valence-electron chi connectivity index (χ3n) is 4.36. The van der Waals surface area contributed by atoms with Crippen molar-refractivity contribution in [3.8, 4) is 0 Å². The molecule has 3 aromatic rings. The maximum absolute atomic E-state index is 13.2. The highest BCUT2D eigenvalue weighted by molar-refractivity contribution is 8.26. The number of rotatable bonds is 4. The van der Waals surface area contributed by atoms with Crippen LogP contribution < -0.4 is 10.9 Å². The maximum atomic E-state index is 13.2. The lowest BCUT2D eigenvalue weighted by Gasteiger charge is -2.11. The van der Waals surface area contributed by atoms with E-state index in [1.807, 2.05) is 19.1 Å². The molecule has 0 bridgehead atoms. The quantitative estimate of drug-likeness (QED) is 0.521. The number of hydrogen-bond acceptors (Lipinski definition) is 7. The van der Waals surface area contributed by atoms with Crippen LogP contribution in [0.4, 0.5) is 5.82 Å². The standard InChI is InChI=1S/C19H16N4O3S2/c1-11-5-3-7-23-16(11)21-15(20-10-12-6-4-8-26-12)13(17(23)24)9-14-18(25)22(2)19(27)28-14/h3-9,20H,10H2,1-2H3. The molecular weight excluding hydrogens is 396 g/mol. The van der Waals surface area contributed by atoms with Crippen molar-refractivity contribution >= 4 is 51.7 Å². The highest BCUT2D eigenvalue weighted by Crippen LogP contribution is 2.32. The Morgan fingerprint density at radius 3 is 2.82 bits per heavy atom. The zero-order chi connectivity index (χ0) is 19.8. The molecule has 1 amide bonds. The van der Waals surface area contributed by atoms with Gasteiger partial charge in [-0.2, -0.15) is 0 Å². The van der Waals surface area contributed by atoms with E-state index in [0.717, 1.165) is 5.56 Å². The average Bonchev–Trinajstić information content (AvgIpc) is 3.28. The van der Waals surface area contributed by atoms with E-state index in [-0.39, 0.29) is 11.5 Å². The third-order valence-corrected chi connectivity index (χ3v) is 5.84. The van der Waals surface area contributed by atoms with Crippen LogP contribution in [-0.2, 0) is 11.3 Å². The lowest BCUT2D eigenvalue weighted by atomic mass is 10.2. The van der Waals surface area contributed by atoms with Crippen molar-refractivity contribution in [3.05, 3.63) is 68.9 Å². The van der Waals surface area contributed by atoms with Crippen LogP contribution in [0.25, 0.3) is 11.7 Å². The summed E-state index contributed by atoms with van der Waals surface area (Å²) in [6.07, 6.45) is 4.80. The smallest absolute Gasteiger partial charge is 0.267 e. The van der Waals surface area contributed by atoms with Crippen LogP contribution in [0.15, 0.2) is 50.8 Å². The lowest BCUT2D eigenvalue weighted by Crippen LogP contribution is -2.23. The molecule has 7 nitrogen and oxygen atoms in total. The number of carbonyl (C=O) groups excluding carboxylic acids is 1. The molecule has 1 aliphatic heterocycles. The van der Waals surface area contributed by atoms with E-state index < -0.39 is 0 Å². The van der Waals surface area contributed by atoms with Gasteiger partial charge in [-0.3, -0.25) is 18.9 Å². The first-order chi connectivity index (χ1) is 13.5. The Morgan fingerprint density at radius 2 is 2.14 bits per heavy atom. The molecule has 1 saturated heterocycles. The van der Waals surface area contributed by atoms with Gasteiger partial charge in [-0.25, -0.2) is 4.98 Å². The number of aryl methyl sites for hydroxylation is 1. The largest absolute Gasteiger partial charge is 0.467 e. The topological polar surface area (TPSA) is 79.9 Å². The first-order valence-corrected chi connectivity index (χ1v) is 9.68.